The first-order valence-corrected chi connectivity index (χ1v) is 6.30. The second-order valence-corrected chi connectivity index (χ2v) is 4.69. The number of carbonyl (C=O) groups excluding carboxylic acids is 1. The molecule has 2 rings (SSSR count). The van der Waals surface area contributed by atoms with Crippen LogP contribution in [0.3, 0.4) is 0 Å². The quantitative estimate of drug-likeness (QED) is 0.838. The molecule has 0 aliphatic carbocycles. The van der Waals surface area contributed by atoms with Crippen LogP contribution in [-0.2, 0) is 4.79 Å². The summed E-state index contributed by atoms with van der Waals surface area (Å²) in [5, 5.41) is 12.3. The van der Waals surface area contributed by atoms with Crippen LogP contribution < -0.4 is 5.32 Å². The van der Waals surface area contributed by atoms with Gasteiger partial charge >= 0.3 is 0 Å². The van der Waals surface area contributed by atoms with Crippen LogP contribution >= 0.6 is 11.6 Å². The number of hydrogen-bond acceptors (Lipinski definition) is 2. The van der Waals surface area contributed by atoms with E-state index in [0.29, 0.717) is 10.7 Å². The molecule has 0 saturated heterocycles. The maximum atomic E-state index is 12.1. The third kappa shape index (κ3) is 3.26. The molecule has 0 aliphatic heterocycles. The first-order chi connectivity index (χ1) is 9.08. The van der Waals surface area contributed by atoms with Gasteiger partial charge in [-0.05, 0) is 24.6 Å². The summed E-state index contributed by atoms with van der Waals surface area (Å²) < 4.78 is 0. The van der Waals surface area contributed by atoms with Gasteiger partial charge < -0.3 is 10.4 Å². The highest BCUT2D eigenvalue weighted by Crippen LogP contribution is 2.27. The third-order valence-corrected chi connectivity index (χ3v) is 3.22. The highest BCUT2D eigenvalue weighted by molar-refractivity contribution is 6.33. The zero-order chi connectivity index (χ0) is 13.8. The molecular weight excluding hydrogens is 262 g/mol. The molecule has 2 N–H and O–H groups in total. The first-order valence-electron chi connectivity index (χ1n) is 5.92. The molecule has 1 unspecified atom stereocenters. The number of benzene rings is 2. The number of amides is 1. The highest BCUT2D eigenvalue weighted by atomic mass is 35.5. The number of phenols is 1. The van der Waals surface area contributed by atoms with Crippen LogP contribution in [0.25, 0.3) is 0 Å². The topological polar surface area (TPSA) is 49.3 Å². The fraction of sp³-hybridized carbons (Fsp3) is 0.133. The van der Waals surface area contributed by atoms with Crippen LogP contribution in [0.15, 0.2) is 48.5 Å². The molecule has 0 spiro atoms. The molecule has 98 valence electrons. The Balaban J connectivity index is 2.13. The van der Waals surface area contributed by atoms with E-state index in [4.69, 9.17) is 11.6 Å². The van der Waals surface area contributed by atoms with E-state index in [1.807, 2.05) is 37.3 Å². The zero-order valence-electron chi connectivity index (χ0n) is 10.4. The van der Waals surface area contributed by atoms with E-state index in [1.165, 1.54) is 12.1 Å². The van der Waals surface area contributed by atoms with Crippen LogP contribution in [-0.4, -0.2) is 11.0 Å². The maximum absolute atomic E-state index is 12.1. The van der Waals surface area contributed by atoms with Gasteiger partial charge in [0, 0.05) is 6.07 Å². The SMILES string of the molecule is CC(C(=O)Nc1ccc(O)cc1Cl)c1ccccc1. The molecule has 0 radical (unpaired) electrons. The van der Waals surface area contributed by atoms with E-state index < -0.39 is 0 Å². The molecule has 0 fully saturated rings. The van der Waals surface area contributed by atoms with Crippen LogP contribution in [0.4, 0.5) is 5.69 Å². The van der Waals surface area contributed by atoms with Crippen LogP contribution in [0, 0.1) is 0 Å². The minimum atomic E-state index is -0.272. The average molecular weight is 276 g/mol. The molecule has 0 saturated carbocycles. The molecule has 0 aliphatic rings. The van der Waals surface area contributed by atoms with Crippen molar-refractivity contribution in [2.24, 2.45) is 0 Å². The maximum Gasteiger partial charge on any atom is 0.231 e. The molecular formula is C15H14ClNO2. The van der Waals surface area contributed by atoms with Crippen molar-refractivity contribution in [2.75, 3.05) is 5.32 Å². The lowest BCUT2D eigenvalue weighted by Gasteiger charge is -2.13. The number of aromatic hydroxyl groups is 1. The Morgan fingerprint density at radius 1 is 1.21 bits per heavy atom. The predicted octanol–water partition coefficient (Wildman–Crippen LogP) is 3.79. The summed E-state index contributed by atoms with van der Waals surface area (Å²) in [6.45, 7) is 1.83. The van der Waals surface area contributed by atoms with Gasteiger partial charge in [0.05, 0.1) is 16.6 Å². The monoisotopic (exact) mass is 275 g/mol. The van der Waals surface area contributed by atoms with E-state index >= 15 is 0 Å². The molecule has 2 aromatic rings. The number of halogens is 1. The van der Waals surface area contributed by atoms with Gasteiger partial charge in [-0.2, -0.15) is 0 Å². The first kappa shape index (κ1) is 13.4. The van der Waals surface area contributed by atoms with Gasteiger partial charge in [-0.25, -0.2) is 0 Å². The Labute approximate surface area is 116 Å². The van der Waals surface area contributed by atoms with Crippen molar-refractivity contribution in [1.29, 1.82) is 0 Å². The molecule has 1 amide bonds. The highest BCUT2D eigenvalue weighted by Gasteiger charge is 2.16. The number of phenolic OH excluding ortho intramolecular Hbond substituents is 1. The van der Waals surface area contributed by atoms with Crippen molar-refractivity contribution < 1.29 is 9.90 Å². The second-order valence-electron chi connectivity index (χ2n) is 4.29. The summed E-state index contributed by atoms with van der Waals surface area (Å²) in [4.78, 5) is 12.1. The number of nitrogens with one attached hydrogen (secondary N) is 1. The van der Waals surface area contributed by atoms with E-state index in [1.54, 1.807) is 6.07 Å². The molecule has 0 heterocycles. The largest absolute Gasteiger partial charge is 0.508 e. The van der Waals surface area contributed by atoms with Crippen molar-refractivity contribution in [3.63, 3.8) is 0 Å². The van der Waals surface area contributed by atoms with Crippen molar-refractivity contribution in [1.82, 2.24) is 0 Å². The molecule has 0 bridgehead atoms. The van der Waals surface area contributed by atoms with Gasteiger partial charge in [-0.1, -0.05) is 41.9 Å². The Morgan fingerprint density at radius 2 is 1.89 bits per heavy atom. The van der Waals surface area contributed by atoms with Gasteiger partial charge in [0.15, 0.2) is 0 Å². The van der Waals surface area contributed by atoms with Gasteiger partial charge in [-0.3, -0.25) is 4.79 Å². The smallest absolute Gasteiger partial charge is 0.231 e. The predicted molar refractivity (Wildman–Crippen MR) is 76.6 cm³/mol. The lowest BCUT2D eigenvalue weighted by atomic mass is 10.0. The minimum Gasteiger partial charge on any atom is -0.508 e. The molecule has 19 heavy (non-hydrogen) atoms. The summed E-state index contributed by atoms with van der Waals surface area (Å²) in [5.74, 6) is -0.344. The summed E-state index contributed by atoms with van der Waals surface area (Å²) in [5.41, 5.74) is 1.43. The van der Waals surface area contributed by atoms with Gasteiger partial charge in [-0.15, -0.1) is 0 Å². The molecule has 2 aromatic carbocycles. The van der Waals surface area contributed by atoms with Gasteiger partial charge in [0.1, 0.15) is 5.75 Å². The van der Waals surface area contributed by atoms with Crippen molar-refractivity contribution in [3.05, 3.63) is 59.1 Å². The summed E-state index contributed by atoms with van der Waals surface area (Å²) in [6, 6.07) is 14.0. The number of rotatable bonds is 3. The zero-order valence-corrected chi connectivity index (χ0v) is 11.2. The van der Waals surface area contributed by atoms with Crippen LogP contribution in [0.5, 0.6) is 5.75 Å². The van der Waals surface area contributed by atoms with Crippen molar-refractivity contribution >= 4 is 23.2 Å². The Kier molecular flexibility index (Phi) is 4.07. The molecule has 1 atom stereocenters. The number of anilines is 1. The second kappa shape index (κ2) is 5.76. The molecule has 0 aromatic heterocycles. The van der Waals surface area contributed by atoms with E-state index in [2.05, 4.69) is 5.32 Å². The molecule has 3 nitrogen and oxygen atoms in total. The van der Waals surface area contributed by atoms with E-state index in [0.717, 1.165) is 5.56 Å². The van der Waals surface area contributed by atoms with Crippen LogP contribution in [0.1, 0.15) is 18.4 Å². The van der Waals surface area contributed by atoms with Crippen LogP contribution in [0.2, 0.25) is 5.02 Å². The lowest BCUT2D eigenvalue weighted by molar-refractivity contribution is -0.117. The summed E-state index contributed by atoms with van der Waals surface area (Å²) in [6.07, 6.45) is 0. The Hall–Kier alpha value is -2.00. The number of hydrogen-bond donors (Lipinski definition) is 2. The molecule has 4 heteroatoms. The average Bonchev–Trinajstić information content (AvgIpc) is 2.42. The Morgan fingerprint density at radius 3 is 2.53 bits per heavy atom. The van der Waals surface area contributed by atoms with Crippen molar-refractivity contribution in [3.8, 4) is 5.75 Å². The lowest BCUT2D eigenvalue weighted by Crippen LogP contribution is -2.18. The Bertz CT molecular complexity index is 584. The fourth-order valence-corrected chi connectivity index (χ4v) is 1.96. The van der Waals surface area contributed by atoms with Gasteiger partial charge in [0.25, 0.3) is 0 Å². The summed E-state index contributed by atoms with van der Waals surface area (Å²) >= 11 is 5.95. The fourth-order valence-electron chi connectivity index (χ4n) is 1.74. The van der Waals surface area contributed by atoms with E-state index in [-0.39, 0.29) is 17.6 Å². The van der Waals surface area contributed by atoms with E-state index in [9.17, 15) is 9.90 Å². The normalized spacial score (nSPS) is 11.9. The third-order valence-electron chi connectivity index (χ3n) is 2.90. The summed E-state index contributed by atoms with van der Waals surface area (Å²) in [7, 11) is 0. The van der Waals surface area contributed by atoms with Gasteiger partial charge in [0.2, 0.25) is 5.91 Å². The van der Waals surface area contributed by atoms with Crippen molar-refractivity contribution in [2.45, 2.75) is 12.8 Å². The number of carbonyl (C=O) groups is 1. The minimum absolute atomic E-state index is 0.0686. The standard InChI is InChI=1S/C15H14ClNO2/c1-10(11-5-3-2-4-6-11)15(19)17-14-8-7-12(18)9-13(14)16/h2-10,18H,1H3,(H,17,19).